The predicted octanol–water partition coefficient (Wildman–Crippen LogP) is 1.80. The highest BCUT2D eigenvalue weighted by atomic mass is 16.3. The zero-order valence-electron chi connectivity index (χ0n) is 6.14. The third-order valence-electron chi connectivity index (χ3n) is 2.27. The summed E-state index contributed by atoms with van der Waals surface area (Å²) < 4.78 is 0. The van der Waals surface area contributed by atoms with Crippen molar-refractivity contribution >= 4 is 0 Å². The van der Waals surface area contributed by atoms with Crippen LogP contribution in [0, 0.1) is 11.8 Å². The van der Waals surface area contributed by atoms with Crippen LogP contribution in [0.4, 0.5) is 0 Å². The normalized spacial score (nSPS) is 23.3. The molecule has 0 heterocycles. The van der Waals surface area contributed by atoms with Crippen LogP contribution >= 0.6 is 0 Å². The second kappa shape index (κ2) is 3.21. The molecule has 1 N–H and O–H groups in total. The van der Waals surface area contributed by atoms with Crippen LogP contribution in [0.15, 0.2) is 0 Å². The van der Waals surface area contributed by atoms with Gasteiger partial charge >= 0.3 is 0 Å². The summed E-state index contributed by atoms with van der Waals surface area (Å²) in [6.45, 7) is 2.49. The van der Waals surface area contributed by atoms with E-state index >= 15 is 0 Å². The number of aliphatic hydroxyl groups is 1. The van der Waals surface area contributed by atoms with E-state index in [1.165, 1.54) is 25.7 Å². The molecule has 0 aromatic carbocycles. The maximum absolute atomic E-state index is 8.70. The highest BCUT2D eigenvalue weighted by Gasteiger charge is 2.18. The highest BCUT2D eigenvalue weighted by molar-refractivity contribution is 4.71. The molecule has 1 aliphatic rings. The van der Waals surface area contributed by atoms with Crippen molar-refractivity contribution < 1.29 is 5.11 Å². The standard InChI is InChI=1S/C8H16O/c1-7(6-9)5-8-3-2-4-8/h7-9H,2-6H2,1H3/t7-/m1/s1. The van der Waals surface area contributed by atoms with Crippen molar-refractivity contribution in [1.82, 2.24) is 0 Å². The molecule has 1 aliphatic carbocycles. The van der Waals surface area contributed by atoms with Gasteiger partial charge in [-0.2, -0.15) is 0 Å². The average molecular weight is 128 g/mol. The van der Waals surface area contributed by atoms with E-state index in [0.29, 0.717) is 12.5 Å². The monoisotopic (exact) mass is 128 g/mol. The van der Waals surface area contributed by atoms with Crippen molar-refractivity contribution in [2.75, 3.05) is 6.61 Å². The van der Waals surface area contributed by atoms with E-state index in [1.54, 1.807) is 0 Å². The number of rotatable bonds is 3. The van der Waals surface area contributed by atoms with E-state index in [1.807, 2.05) is 0 Å². The molecule has 0 amide bonds. The Morgan fingerprint density at radius 3 is 2.56 bits per heavy atom. The van der Waals surface area contributed by atoms with Crippen molar-refractivity contribution in [2.45, 2.75) is 32.6 Å². The summed E-state index contributed by atoms with van der Waals surface area (Å²) >= 11 is 0. The molecule has 0 aliphatic heterocycles. The number of aliphatic hydroxyl groups excluding tert-OH is 1. The lowest BCUT2D eigenvalue weighted by molar-refractivity contribution is 0.181. The van der Waals surface area contributed by atoms with Gasteiger partial charge in [0.25, 0.3) is 0 Å². The summed E-state index contributed by atoms with van der Waals surface area (Å²) in [6.07, 6.45) is 5.48. The molecule has 0 bridgehead atoms. The molecule has 1 rings (SSSR count). The Balaban J connectivity index is 2.01. The summed E-state index contributed by atoms with van der Waals surface area (Å²) in [6, 6.07) is 0. The Morgan fingerprint density at radius 2 is 2.22 bits per heavy atom. The Labute approximate surface area is 57.1 Å². The first kappa shape index (κ1) is 7.07. The molecule has 54 valence electrons. The smallest absolute Gasteiger partial charge is 0.0456 e. The summed E-state index contributed by atoms with van der Waals surface area (Å²) in [5.41, 5.74) is 0. The number of hydrogen-bond acceptors (Lipinski definition) is 1. The maximum Gasteiger partial charge on any atom is 0.0456 e. The van der Waals surface area contributed by atoms with Crippen LogP contribution in [0.5, 0.6) is 0 Å². The molecule has 1 heteroatoms. The second-order valence-corrected chi connectivity index (χ2v) is 3.32. The second-order valence-electron chi connectivity index (χ2n) is 3.32. The molecule has 9 heavy (non-hydrogen) atoms. The molecule has 0 spiro atoms. The molecule has 0 unspecified atom stereocenters. The molecular formula is C8H16O. The van der Waals surface area contributed by atoms with Crippen molar-refractivity contribution in [2.24, 2.45) is 11.8 Å². The highest BCUT2D eigenvalue weighted by Crippen LogP contribution is 2.31. The quantitative estimate of drug-likeness (QED) is 0.614. The Kier molecular flexibility index (Phi) is 2.52. The van der Waals surface area contributed by atoms with Gasteiger partial charge in [0, 0.05) is 6.61 Å². The van der Waals surface area contributed by atoms with Crippen LogP contribution < -0.4 is 0 Å². The Bertz CT molecular complexity index is 73.9. The lowest BCUT2D eigenvalue weighted by Crippen LogP contribution is -2.16. The summed E-state index contributed by atoms with van der Waals surface area (Å²) in [5, 5.41) is 8.70. The topological polar surface area (TPSA) is 20.2 Å². The zero-order chi connectivity index (χ0) is 6.69. The fourth-order valence-electron chi connectivity index (χ4n) is 1.37. The maximum atomic E-state index is 8.70. The first-order valence-electron chi connectivity index (χ1n) is 3.93. The van der Waals surface area contributed by atoms with Crippen molar-refractivity contribution in [3.05, 3.63) is 0 Å². The van der Waals surface area contributed by atoms with E-state index in [9.17, 15) is 0 Å². The third-order valence-corrected chi connectivity index (χ3v) is 2.27. The largest absolute Gasteiger partial charge is 0.396 e. The fraction of sp³-hybridized carbons (Fsp3) is 1.00. The van der Waals surface area contributed by atoms with Crippen molar-refractivity contribution in [3.8, 4) is 0 Å². The summed E-state index contributed by atoms with van der Waals surface area (Å²) in [7, 11) is 0. The van der Waals surface area contributed by atoms with Gasteiger partial charge in [-0.15, -0.1) is 0 Å². The zero-order valence-corrected chi connectivity index (χ0v) is 6.14. The SMILES string of the molecule is C[C@@H](CO)CC1CCC1. The predicted molar refractivity (Wildman–Crippen MR) is 38.2 cm³/mol. The minimum Gasteiger partial charge on any atom is -0.396 e. The van der Waals surface area contributed by atoms with Gasteiger partial charge in [-0.05, 0) is 18.3 Å². The van der Waals surface area contributed by atoms with Gasteiger partial charge in [-0.3, -0.25) is 0 Å². The van der Waals surface area contributed by atoms with Gasteiger partial charge in [0.15, 0.2) is 0 Å². The average Bonchev–Trinajstić information content (AvgIpc) is 1.78. The van der Waals surface area contributed by atoms with E-state index in [2.05, 4.69) is 6.92 Å². The molecule has 0 saturated heterocycles. The molecule has 0 aromatic heterocycles. The number of hydrogen-bond donors (Lipinski definition) is 1. The molecule has 1 nitrogen and oxygen atoms in total. The van der Waals surface area contributed by atoms with Gasteiger partial charge < -0.3 is 5.11 Å². The molecular weight excluding hydrogens is 112 g/mol. The van der Waals surface area contributed by atoms with Gasteiger partial charge in [0.05, 0.1) is 0 Å². The van der Waals surface area contributed by atoms with E-state index in [4.69, 9.17) is 5.11 Å². The first-order valence-corrected chi connectivity index (χ1v) is 3.93. The minimum atomic E-state index is 0.372. The van der Waals surface area contributed by atoms with Gasteiger partial charge in [0.2, 0.25) is 0 Å². The molecule has 0 radical (unpaired) electrons. The van der Waals surface area contributed by atoms with Crippen LogP contribution in [0.3, 0.4) is 0 Å². The van der Waals surface area contributed by atoms with Crippen LogP contribution in [0.25, 0.3) is 0 Å². The Morgan fingerprint density at radius 1 is 1.56 bits per heavy atom. The van der Waals surface area contributed by atoms with Crippen molar-refractivity contribution in [1.29, 1.82) is 0 Å². The van der Waals surface area contributed by atoms with Crippen LogP contribution in [-0.4, -0.2) is 11.7 Å². The van der Waals surface area contributed by atoms with Gasteiger partial charge in [-0.1, -0.05) is 26.2 Å². The van der Waals surface area contributed by atoms with E-state index in [0.717, 1.165) is 5.92 Å². The summed E-state index contributed by atoms with van der Waals surface area (Å²) in [4.78, 5) is 0. The van der Waals surface area contributed by atoms with Crippen LogP contribution in [0.1, 0.15) is 32.6 Å². The van der Waals surface area contributed by atoms with Crippen LogP contribution in [-0.2, 0) is 0 Å². The lowest BCUT2D eigenvalue weighted by atomic mass is 9.80. The van der Waals surface area contributed by atoms with Gasteiger partial charge in [-0.25, -0.2) is 0 Å². The minimum absolute atomic E-state index is 0.372. The molecule has 1 atom stereocenters. The molecule has 1 saturated carbocycles. The Hall–Kier alpha value is -0.0400. The third kappa shape index (κ3) is 1.98. The van der Waals surface area contributed by atoms with Crippen LogP contribution in [0.2, 0.25) is 0 Å². The first-order chi connectivity index (χ1) is 4.33. The van der Waals surface area contributed by atoms with E-state index < -0.39 is 0 Å². The fourth-order valence-corrected chi connectivity index (χ4v) is 1.37. The van der Waals surface area contributed by atoms with E-state index in [-0.39, 0.29) is 0 Å². The van der Waals surface area contributed by atoms with Gasteiger partial charge in [0.1, 0.15) is 0 Å². The summed E-state index contributed by atoms with van der Waals surface area (Å²) in [5.74, 6) is 1.49. The van der Waals surface area contributed by atoms with Crippen molar-refractivity contribution in [3.63, 3.8) is 0 Å². The lowest BCUT2D eigenvalue weighted by Gasteiger charge is -2.27. The molecule has 0 aromatic rings. The molecule has 1 fully saturated rings.